The molecule has 3 N–H and O–H groups in total. The number of anilines is 4. The topological polar surface area (TPSA) is 111 Å². The first-order valence-electron chi connectivity index (χ1n) is 12.8. The van der Waals surface area contributed by atoms with Crippen molar-refractivity contribution in [3.8, 4) is 0 Å². The predicted molar refractivity (Wildman–Crippen MR) is 156 cm³/mol. The molecule has 0 aliphatic carbocycles. The number of hydrogen-bond donors (Lipinski definition) is 3. The number of urea groups is 1. The number of carbonyl (C=O) groups excluding carboxylic acids is 1. The molecular weight excluding hydrogens is 498 g/mol. The Kier molecular flexibility index (Phi) is 9.26. The largest absolute Gasteiger partial charge is 0.353 e. The van der Waals surface area contributed by atoms with Gasteiger partial charge in [0.05, 0.1) is 15.7 Å². The van der Waals surface area contributed by atoms with E-state index in [0.717, 1.165) is 22.3 Å². The molecule has 0 bridgehead atoms. The summed E-state index contributed by atoms with van der Waals surface area (Å²) in [6.07, 6.45) is 0.772. The van der Waals surface area contributed by atoms with E-state index < -0.39 is 0 Å². The Morgan fingerprint density at radius 2 is 1.82 bits per heavy atom. The van der Waals surface area contributed by atoms with Gasteiger partial charge in [-0.3, -0.25) is 0 Å². The van der Waals surface area contributed by atoms with Crippen LogP contribution in [-0.2, 0) is 0 Å². The Labute approximate surface area is 227 Å². The van der Waals surface area contributed by atoms with Crippen molar-refractivity contribution in [3.05, 3.63) is 59.6 Å². The van der Waals surface area contributed by atoms with Gasteiger partial charge in [0, 0.05) is 46.0 Å². The number of amides is 2. The van der Waals surface area contributed by atoms with Crippen LogP contribution in [0, 0.1) is 0 Å². The van der Waals surface area contributed by atoms with Crippen LogP contribution in [0.2, 0.25) is 0 Å². The molecule has 2 heterocycles. The molecule has 2 aromatic carbocycles. The van der Waals surface area contributed by atoms with Crippen LogP contribution in [0.15, 0.2) is 54.0 Å². The van der Waals surface area contributed by atoms with Crippen molar-refractivity contribution < 1.29 is 4.79 Å². The van der Waals surface area contributed by atoms with E-state index in [2.05, 4.69) is 45.0 Å². The molecule has 0 aliphatic rings. The number of hydrogen-bond acceptors (Lipinski definition) is 9. The van der Waals surface area contributed by atoms with Gasteiger partial charge in [-0.15, -0.1) is 11.3 Å². The maximum Gasteiger partial charge on any atom is 0.317 e. The molecule has 1 unspecified atom stereocenters. The Morgan fingerprint density at radius 3 is 2.61 bits per heavy atom. The summed E-state index contributed by atoms with van der Waals surface area (Å²) in [5.74, 6) is 1.80. The smallest absolute Gasteiger partial charge is 0.317 e. The summed E-state index contributed by atoms with van der Waals surface area (Å²) in [5, 5.41) is 9.55. The fourth-order valence-electron chi connectivity index (χ4n) is 3.91. The van der Waals surface area contributed by atoms with Gasteiger partial charge in [-0.25, -0.2) is 9.78 Å². The Balaban J connectivity index is 1.48. The van der Waals surface area contributed by atoms with Gasteiger partial charge < -0.3 is 25.8 Å². The van der Waals surface area contributed by atoms with Crippen LogP contribution in [0.4, 0.5) is 28.3 Å². The van der Waals surface area contributed by atoms with E-state index in [0.29, 0.717) is 44.0 Å². The van der Waals surface area contributed by atoms with Crippen LogP contribution in [0.25, 0.3) is 10.2 Å². The van der Waals surface area contributed by atoms with E-state index in [4.69, 9.17) is 9.97 Å². The van der Waals surface area contributed by atoms with E-state index in [1.165, 1.54) is 5.56 Å². The molecule has 4 rings (SSSR count). The number of rotatable bonds is 12. The molecule has 0 fully saturated rings. The third-order valence-corrected chi connectivity index (χ3v) is 6.94. The second kappa shape index (κ2) is 13.0. The Bertz CT molecular complexity index is 1330. The molecule has 2 aromatic heterocycles. The molecular formula is C27H35N9OS. The number of carbonyl (C=O) groups is 1. The van der Waals surface area contributed by atoms with E-state index in [1.807, 2.05) is 60.8 Å². The lowest BCUT2D eigenvalue weighted by Crippen LogP contribution is -2.38. The molecule has 0 saturated carbocycles. The summed E-state index contributed by atoms with van der Waals surface area (Å²) >= 11 is 1.59. The standard InChI is InChI=1S/C27H35N9OS/c1-5-28-27(37)36(4)15-9-14-35(3)26-33-24(29-17-19(2)20-10-7-6-8-11-20)32-25(34-26)31-21-12-13-22-23(16-21)38-18-30-22/h6-8,10-13,16,18-19H,5,9,14-15,17H2,1-4H3,(H,28,37)(H2,29,31,32,33,34). The minimum atomic E-state index is -0.0706. The lowest BCUT2D eigenvalue weighted by atomic mass is 10.0. The van der Waals surface area contributed by atoms with E-state index >= 15 is 0 Å². The molecule has 0 radical (unpaired) electrons. The summed E-state index contributed by atoms with van der Waals surface area (Å²) in [4.78, 5) is 34.1. The van der Waals surface area contributed by atoms with Crippen LogP contribution in [0.3, 0.4) is 0 Å². The molecule has 1 atom stereocenters. The number of thiazole rings is 1. The highest BCUT2D eigenvalue weighted by Gasteiger charge is 2.14. The second-order valence-electron chi connectivity index (χ2n) is 9.17. The van der Waals surface area contributed by atoms with Crippen LogP contribution >= 0.6 is 11.3 Å². The zero-order valence-corrected chi connectivity index (χ0v) is 23.1. The summed E-state index contributed by atoms with van der Waals surface area (Å²) in [6, 6.07) is 16.3. The van der Waals surface area contributed by atoms with Crippen LogP contribution < -0.4 is 20.9 Å². The highest BCUT2D eigenvalue weighted by atomic mass is 32.1. The molecule has 0 spiro atoms. The first kappa shape index (κ1) is 27.1. The third kappa shape index (κ3) is 7.28. The molecule has 2 amide bonds. The maximum absolute atomic E-state index is 12.0. The van der Waals surface area contributed by atoms with Gasteiger partial charge >= 0.3 is 6.03 Å². The zero-order valence-electron chi connectivity index (χ0n) is 22.3. The van der Waals surface area contributed by atoms with Gasteiger partial charge in [0.1, 0.15) is 0 Å². The van der Waals surface area contributed by atoms with Crippen molar-refractivity contribution in [2.45, 2.75) is 26.2 Å². The van der Waals surface area contributed by atoms with Crippen LogP contribution in [0.1, 0.15) is 31.7 Å². The Morgan fingerprint density at radius 1 is 1.03 bits per heavy atom. The minimum absolute atomic E-state index is 0.0706. The highest BCUT2D eigenvalue weighted by Crippen LogP contribution is 2.24. The maximum atomic E-state index is 12.0. The summed E-state index contributed by atoms with van der Waals surface area (Å²) in [6.45, 7) is 6.68. The van der Waals surface area contributed by atoms with Gasteiger partial charge in [-0.05, 0) is 43.0 Å². The van der Waals surface area contributed by atoms with Crippen molar-refractivity contribution in [1.29, 1.82) is 0 Å². The van der Waals surface area contributed by atoms with E-state index in [1.54, 1.807) is 23.3 Å². The predicted octanol–water partition coefficient (Wildman–Crippen LogP) is 4.93. The SMILES string of the molecule is CCNC(=O)N(C)CCCN(C)c1nc(NCC(C)c2ccccc2)nc(Nc2ccc3ncsc3c2)n1. The molecule has 4 aromatic rings. The van der Waals surface area contributed by atoms with E-state index in [-0.39, 0.29) is 11.9 Å². The van der Waals surface area contributed by atoms with Gasteiger partial charge in [0.25, 0.3) is 0 Å². The highest BCUT2D eigenvalue weighted by molar-refractivity contribution is 7.16. The van der Waals surface area contributed by atoms with Gasteiger partial charge in [0.2, 0.25) is 17.8 Å². The molecule has 0 aliphatic heterocycles. The number of nitrogens with zero attached hydrogens (tertiary/aromatic N) is 6. The molecule has 200 valence electrons. The minimum Gasteiger partial charge on any atom is -0.353 e. The third-order valence-electron chi connectivity index (χ3n) is 6.15. The molecule has 10 nitrogen and oxygen atoms in total. The van der Waals surface area contributed by atoms with E-state index in [9.17, 15) is 4.79 Å². The monoisotopic (exact) mass is 533 g/mol. The summed E-state index contributed by atoms with van der Waals surface area (Å²) in [5.41, 5.74) is 4.93. The fourth-order valence-corrected chi connectivity index (χ4v) is 4.63. The van der Waals surface area contributed by atoms with Crippen LogP contribution in [-0.4, -0.2) is 71.1 Å². The van der Waals surface area contributed by atoms with Crippen molar-refractivity contribution in [2.75, 3.05) is 55.8 Å². The van der Waals surface area contributed by atoms with Crippen molar-refractivity contribution >= 4 is 51.1 Å². The number of aromatic nitrogens is 4. The van der Waals surface area contributed by atoms with Gasteiger partial charge in [-0.1, -0.05) is 37.3 Å². The quantitative estimate of drug-likeness (QED) is 0.235. The molecule has 0 saturated heterocycles. The molecule has 38 heavy (non-hydrogen) atoms. The van der Waals surface area contributed by atoms with Gasteiger partial charge in [0.15, 0.2) is 0 Å². The zero-order chi connectivity index (χ0) is 26.9. The average Bonchev–Trinajstić information content (AvgIpc) is 3.40. The lowest BCUT2D eigenvalue weighted by molar-refractivity contribution is 0.209. The van der Waals surface area contributed by atoms with Crippen molar-refractivity contribution in [1.82, 2.24) is 30.2 Å². The van der Waals surface area contributed by atoms with Crippen LogP contribution in [0.5, 0.6) is 0 Å². The average molecular weight is 534 g/mol. The number of fused-ring (bicyclic) bond motifs is 1. The fraction of sp³-hybridized carbons (Fsp3) is 0.370. The van der Waals surface area contributed by atoms with Gasteiger partial charge in [-0.2, -0.15) is 15.0 Å². The van der Waals surface area contributed by atoms with Crippen molar-refractivity contribution in [2.24, 2.45) is 0 Å². The summed E-state index contributed by atoms with van der Waals surface area (Å²) in [7, 11) is 3.75. The number of nitrogens with one attached hydrogen (secondary N) is 3. The normalized spacial score (nSPS) is 11.7. The first-order chi connectivity index (χ1) is 18.4. The number of benzene rings is 2. The first-order valence-corrected chi connectivity index (χ1v) is 13.7. The van der Waals surface area contributed by atoms with Crippen molar-refractivity contribution in [3.63, 3.8) is 0 Å². The second-order valence-corrected chi connectivity index (χ2v) is 10.1. The summed E-state index contributed by atoms with van der Waals surface area (Å²) < 4.78 is 1.09. The molecule has 11 heteroatoms. The Hall–Kier alpha value is -3.99. The lowest BCUT2D eigenvalue weighted by Gasteiger charge is -2.22.